The average Bonchev–Trinajstić information content (AvgIpc) is 2.86. The Morgan fingerprint density at radius 2 is 2.00 bits per heavy atom. The van der Waals surface area contributed by atoms with Crippen molar-refractivity contribution in [1.82, 2.24) is 10.3 Å². The first-order chi connectivity index (χ1) is 11.6. The number of methoxy groups -OCH3 is 1. The average molecular weight is 330 g/mol. The van der Waals surface area contributed by atoms with E-state index in [4.69, 9.17) is 4.74 Å². The summed E-state index contributed by atoms with van der Waals surface area (Å²) in [6.07, 6.45) is 4.18. The zero-order chi connectivity index (χ0) is 17.1. The van der Waals surface area contributed by atoms with Crippen LogP contribution in [0.25, 0.3) is 10.9 Å². The van der Waals surface area contributed by atoms with Gasteiger partial charge in [0.05, 0.1) is 13.0 Å². The SMILES string of the molecule is COc1ccc2[nH]c(C(=O)N[C@H]3CCCCC[C@H]3C(=O)O)cc2c1. The number of aromatic amines is 1. The molecule has 6 heteroatoms. The van der Waals surface area contributed by atoms with Gasteiger partial charge in [-0.1, -0.05) is 19.3 Å². The molecule has 3 N–H and O–H groups in total. The predicted molar refractivity (Wildman–Crippen MR) is 90.3 cm³/mol. The first-order valence-electron chi connectivity index (χ1n) is 8.29. The standard InChI is InChI=1S/C18H22N2O4/c1-24-12-7-8-14-11(9-12)10-16(19-14)17(21)20-15-6-4-2-3-5-13(15)18(22)23/h7-10,13,15,19H,2-6H2,1H3,(H,20,21)(H,22,23)/t13-,15+/m1/s1. The van der Waals surface area contributed by atoms with Gasteiger partial charge in [0.2, 0.25) is 0 Å². The Labute approximate surface area is 140 Å². The molecule has 1 aromatic carbocycles. The number of carboxylic acid groups (broad SMARTS) is 1. The van der Waals surface area contributed by atoms with E-state index in [1.54, 1.807) is 13.2 Å². The highest BCUT2D eigenvalue weighted by atomic mass is 16.5. The molecule has 128 valence electrons. The zero-order valence-electron chi connectivity index (χ0n) is 13.7. The van der Waals surface area contributed by atoms with Crippen LogP contribution < -0.4 is 10.1 Å². The van der Waals surface area contributed by atoms with Gasteiger partial charge >= 0.3 is 5.97 Å². The van der Waals surface area contributed by atoms with Gasteiger partial charge in [0.1, 0.15) is 11.4 Å². The lowest BCUT2D eigenvalue weighted by atomic mass is 9.95. The van der Waals surface area contributed by atoms with E-state index in [9.17, 15) is 14.7 Å². The molecule has 2 aromatic rings. The Kier molecular flexibility index (Phi) is 4.74. The van der Waals surface area contributed by atoms with Gasteiger partial charge in [0, 0.05) is 16.9 Å². The molecule has 0 saturated heterocycles. The highest BCUT2D eigenvalue weighted by Gasteiger charge is 2.31. The Balaban J connectivity index is 1.79. The monoisotopic (exact) mass is 330 g/mol. The molecule has 3 rings (SSSR count). The molecule has 24 heavy (non-hydrogen) atoms. The molecule has 1 aliphatic carbocycles. The van der Waals surface area contributed by atoms with E-state index in [-0.39, 0.29) is 11.9 Å². The Hall–Kier alpha value is -2.50. The number of aliphatic carboxylic acids is 1. The maximum Gasteiger partial charge on any atom is 0.308 e. The van der Waals surface area contributed by atoms with Gasteiger partial charge in [-0.25, -0.2) is 0 Å². The van der Waals surface area contributed by atoms with Crippen LogP contribution in [0.2, 0.25) is 0 Å². The second kappa shape index (κ2) is 6.95. The molecule has 1 aliphatic rings. The minimum Gasteiger partial charge on any atom is -0.497 e. The number of aromatic nitrogens is 1. The van der Waals surface area contributed by atoms with E-state index in [0.717, 1.165) is 35.9 Å². The van der Waals surface area contributed by atoms with Crippen molar-refractivity contribution in [1.29, 1.82) is 0 Å². The summed E-state index contributed by atoms with van der Waals surface area (Å²) in [6.45, 7) is 0. The maximum atomic E-state index is 12.6. The van der Waals surface area contributed by atoms with E-state index in [1.807, 2.05) is 18.2 Å². The first kappa shape index (κ1) is 16.4. The van der Waals surface area contributed by atoms with Crippen molar-refractivity contribution in [2.75, 3.05) is 7.11 Å². The lowest BCUT2D eigenvalue weighted by molar-refractivity contribution is -0.142. The Bertz CT molecular complexity index is 753. The lowest BCUT2D eigenvalue weighted by Crippen LogP contribution is -2.42. The van der Waals surface area contributed by atoms with Crippen LogP contribution in [0.1, 0.15) is 42.6 Å². The summed E-state index contributed by atoms with van der Waals surface area (Å²) in [5.74, 6) is -0.879. The van der Waals surface area contributed by atoms with Crippen LogP contribution in [0.5, 0.6) is 5.75 Å². The van der Waals surface area contributed by atoms with Gasteiger partial charge in [0.25, 0.3) is 5.91 Å². The number of benzene rings is 1. The summed E-state index contributed by atoms with van der Waals surface area (Å²) in [7, 11) is 1.60. The number of fused-ring (bicyclic) bond motifs is 1. The van der Waals surface area contributed by atoms with E-state index in [2.05, 4.69) is 10.3 Å². The molecule has 0 aliphatic heterocycles. The first-order valence-corrected chi connectivity index (χ1v) is 8.29. The summed E-state index contributed by atoms with van der Waals surface area (Å²) in [6, 6.07) is 6.98. The van der Waals surface area contributed by atoms with Crippen molar-refractivity contribution in [3.8, 4) is 5.75 Å². The van der Waals surface area contributed by atoms with Crippen LogP contribution in [0.3, 0.4) is 0 Å². The van der Waals surface area contributed by atoms with Crippen LogP contribution in [-0.2, 0) is 4.79 Å². The highest BCUT2D eigenvalue weighted by molar-refractivity contribution is 5.98. The molecular weight excluding hydrogens is 308 g/mol. The van der Waals surface area contributed by atoms with Crippen LogP contribution in [0.4, 0.5) is 0 Å². The third-order valence-corrected chi connectivity index (χ3v) is 4.72. The number of rotatable bonds is 4. The summed E-state index contributed by atoms with van der Waals surface area (Å²) < 4.78 is 5.19. The van der Waals surface area contributed by atoms with Crippen LogP contribution in [0, 0.1) is 5.92 Å². The molecule has 0 radical (unpaired) electrons. The summed E-state index contributed by atoms with van der Waals surface area (Å²) in [4.78, 5) is 27.1. The largest absolute Gasteiger partial charge is 0.497 e. The number of nitrogens with one attached hydrogen (secondary N) is 2. The highest BCUT2D eigenvalue weighted by Crippen LogP contribution is 2.25. The molecule has 1 heterocycles. The van der Waals surface area contributed by atoms with E-state index in [1.165, 1.54) is 0 Å². The van der Waals surface area contributed by atoms with Crippen molar-refractivity contribution >= 4 is 22.8 Å². The second-order valence-electron chi connectivity index (χ2n) is 6.30. The predicted octanol–water partition coefficient (Wildman–Crippen LogP) is 2.94. The molecular formula is C18H22N2O4. The van der Waals surface area contributed by atoms with Crippen molar-refractivity contribution in [3.63, 3.8) is 0 Å². The minimum atomic E-state index is -0.830. The summed E-state index contributed by atoms with van der Waals surface area (Å²) in [5, 5.41) is 13.2. The number of hydrogen-bond donors (Lipinski definition) is 3. The Morgan fingerprint density at radius 1 is 1.21 bits per heavy atom. The molecule has 1 aromatic heterocycles. The number of ether oxygens (including phenoxy) is 1. The minimum absolute atomic E-state index is 0.261. The fourth-order valence-corrected chi connectivity index (χ4v) is 3.38. The van der Waals surface area contributed by atoms with Gasteiger partial charge in [0.15, 0.2) is 0 Å². The molecule has 0 bridgehead atoms. The number of carboxylic acids is 1. The maximum absolute atomic E-state index is 12.6. The van der Waals surface area contributed by atoms with Gasteiger partial charge in [-0.2, -0.15) is 0 Å². The normalized spacial score (nSPS) is 21.2. The Morgan fingerprint density at radius 3 is 2.75 bits per heavy atom. The molecule has 0 spiro atoms. The quantitative estimate of drug-likeness (QED) is 0.752. The molecule has 2 atom stereocenters. The van der Waals surface area contributed by atoms with Crippen LogP contribution >= 0.6 is 0 Å². The number of H-pyrrole nitrogens is 1. The number of amides is 1. The third-order valence-electron chi connectivity index (χ3n) is 4.72. The number of hydrogen-bond acceptors (Lipinski definition) is 3. The van der Waals surface area contributed by atoms with E-state index in [0.29, 0.717) is 18.5 Å². The second-order valence-corrected chi connectivity index (χ2v) is 6.30. The third kappa shape index (κ3) is 3.37. The molecule has 1 saturated carbocycles. The molecule has 6 nitrogen and oxygen atoms in total. The van der Waals surface area contributed by atoms with E-state index < -0.39 is 11.9 Å². The summed E-state index contributed by atoms with van der Waals surface area (Å²) in [5.41, 5.74) is 1.28. The van der Waals surface area contributed by atoms with E-state index >= 15 is 0 Å². The molecule has 1 amide bonds. The fourth-order valence-electron chi connectivity index (χ4n) is 3.38. The van der Waals surface area contributed by atoms with Crippen LogP contribution in [0.15, 0.2) is 24.3 Å². The zero-order valence-corrected chi connectivity index (χ0v) is 13.7. The van der Waals surface area contributed by atoms with Crippen molar-refractivity contribution in [3.05, 3.63) is 30.0 Å². The number of carbonyl (C=O) groups is 2. The van der Waals surface area contributed by atoms with Gasteiger partial charge < -0.3 is 20.1 Å². The van der Waals surface area contributed by atoms with Crippen molar-refractivity contribution in [2.45, 2.75) is 38.1 Å². The summed E-state index contributed by atoms with van der Waals surface area (Å²) >= 11 is 0. The van der Waals surface area contributed by atoms with Crippen molar-refractivity contribution < 1.29 is 19.4 Å². The number of carbonyl (C=O) groups excluding carboxylic acids is 1. The van der Waals surface area contributed by atoms with Gasteiger partial charge in [-0.05, 0) is 37.1 Å². The van der Waals surface area contributed by atoms with Crippen LogP contribution in [-0.4, -0.2) is 35.1 Å². The smallest absolute Gasteiger partial charge is 0.308 e. The van der Waals surface area contributed by atoms with Gasteiger partial charge in [-0.3, -0.25) is 9.59 Å². The van der Waals surface area contributed by atoms with Gasteiger partial charge in [-0.15, -0.1) is 0 Å². The molecule has 1 fully saturated rings. The fraction of sp³-hybridized carbons (Fsp3) is 0.444. The molecule has 0 unspecified atom stereocenters. The lowest BCUT2D eigenvalue weighted by Gasteiger charge is -2.22. The topological polar surface area (TPSA) is 91.4 Å². The van der Waals surface area contributed by atoms with Crippen molar-refractivity contribution in [2.24, 2.45) is 5.92 Å².